The van der Waals surface area contributed by atoms with E-state index in [9.17, 15) is 13.2 Å². The Bertz CT molecular complexity index is 919. The molecule has 5 nitrogen and oxygen atoms in total. The summed E-state index contributed by atoms with van der Waals surface area (Å²) >= 11 is 2.09. The summed E-state index contributed by atoms with van der Waals surface area (Å²) in [5, 5.41) is 0. The lowest BCUT2D eigenvalue weighted by Crippen LogP contribution is -2.40. The topological polar surface area (TPSA) is 72.5 Å². The van der Waals surface area contributed by atoms with Crippen molar-refractivity contribution in [1.29, 1.82) is 0 Å². The molecule has 0 heterocycles. The molecule has 0 saturated carbocycles. The number of rotatable bonds is 7. The maximum Gasteiger partial charge on any atom is 0.328 e. The highest BCUT2D eigenvalue weighted by Gasteiger charge is 2.25. The normalized spacial score (nSPS) is 13.3. The molecule has 0 amide bonds. The van der Waals surface area contributed by atoms with Gasteiger partial charge in [0.05, 0.1) is 11.5 Å². The average molecular weight is 499 g/mol. The predicted molar refractivity (Wildman–Crippen MR) is 115 cm³/mol. The maximum absolute atomic E-state index is 12.7. The van der Waals surface area contributed by atoms with Crippen LogP contribution in [0.25, 0.3) is 3.58 Å². The van der Waals surface area contributed by atoms with Gasteiger partial charge in [0.15, 0.2) is 0 Å². The monoisotopic (exact) mass is 499 g/mol. The van der Waals surface area contributed by atoms with Crippen LogP contribution >= 0.6 is 22.6 Å². The van der Waals surface area contributed by atoms with Gasteiger partial charge in [0, 0.05) is 3.58 Å². The molecule has 0 aromatic heterocycles. The number of benzene rings is 2. The first-order valence-electron chi connectivity index (χ1n) is 8.43. The van der Waals surface area contributed by atoms with Gasteiger partial charge in [0.2, 0.25) is 10.0 Å². The Morgan fingerprint density at radius 1 is 1.07 bits per heavy atom. The van der Waals surface area contributed by atoms with E-state index < -0.39 is 22.0 Å². The van der Waals surface area contributed by atoms with Crippen molar-refractivity contribution in [2.24, 2.45) is 0 Å². The van der Waals surface area contributed by atoms with Crippen molar-refractivity contribution in [2.75, 3.05) is 6.61 Å². The third kappa shape index (κ3) is 6.15. The summed E-state index contributed by atoms with van der Waals surface area (Å²) in [5.74, 6) is -0.644. The zero-order valence-corrected chi connectivity index (χ0v) is 18.4. The number of halogens is 1. The lowest BCUT2D eigenvalue weighted by atomic mass is 10.1. The molecule has 0 bridgehead atoms. The average Bonchev–Trinajstić information content (AvgIpc) is 2.62. The number of nitrogens with one attached hydrogen (secondary N) is 1. The molecular weight excluding hydrogens is 477 g/mol. The van der Waals surface area contributed by atoms with Gasteiger partial charge in [0.25, 0.3) is 0 Å². The van der Waals surface area contributed by atoms with Crippen LogP contribution in [0, 0.1) is 13.8 Å². The van der Waals surface area contributed by atoms with Crippen molar-refractivity contribution in [3.63, 3.8) is 0 Å². The van der Waals surface area contributed by atoms with Gasteiger partial charge in [-0.05, 0) is 67.1 Å². The van der Waals surface area contributed by atoms with Crippen LogP contribution in [0.2, 0.25) is 0 Å². The first-order chi connectivity index (χ1) is 12.7. The zero-order valence-electron chi connectivity index (χ0n) is 15.4. The molecule has 0 fully saturated rings. The van der Waals surface area contributed by atoms with Crippen LogP contribution in [0.5, 0.6) is 0 Å². The molecule has 0 aliphatic heterocycles. The Morgan fingerprint density at radius 3 is 2.11 bits per heavy atom. The number of hydrogen-bond acceptors (Lipinski definition) is 4. The summed E-state index contributed by atoms with van der Waals surface area (Å²) in [5.41, 5.74) is 2.96. The molecule has 0 aliphatic carbocycles. The van der Waals surface area contributed by atoms with E-state index in [0.29, 0.717) is 0 Å². The third-order valence-corrected chi connectivity index (χ3v) is 6.23. The molecule has 1 atom stereocenters. The van der Waals surface area contributed by atoms with Gasteiger partial charge in [-0.25, -0.2) is 13.2 Å². The molecule has 144 valence electrons. The molecule has 0 saturated heterocycles. The van der Waals surface area contributed by atoms with Crippen LogP contribution in [0.3, 0.4) is 0 Å². The maximum atomic E-state index is 12.7. The SMILES string of the molecule is CCOC(=O)C(/C=C(\I)c1ccc(C)cc1)NS(=O)(=O)c1ccc(C)cc1. The second-order valence-electron chi connectivity index (χ2n) is 6.04. The van der Waals surface area contributed by atoms with E-state index in [2.05, 4.69) is 27.3 Å². The van der Waals surface area contributed by atoms with Gasteiger partial charge < -0.3 is 4.74 Å². The van der Waals surface area contributed by atoms with E-state index in [1.54, 1.807) is 25.1 Å². The Labute approximate surface area is 174 Å². The smallest absolute Gasteiger partial charge is 0.328 e. The second kappa shape index (κ2) is 9.48. The minimum Gasteiger partial charge on any atom is -0.465 e. The lowest BCUT2D eigenvalue weighted by Gasteiger charge is -2.15. The van der Waals surface area contributed by atoms with Crippen molar-refractivity contribution in [2.45, 2.75) is 31.7 Å². The number of aryl methyl sites for hydroxylation is 2. The van der Waals surface area contributed by atoms with Gasteiger partial charge in [-0.2, -0.15) is 4.72 Å². The number of ether oxygens (including phenoxy) is 1. The summed E-state index contributed by atoms with van der Waals surface area (Å²) in [6, 6.07) is 13.1. The first-order valence-corrected chi connectivity index (χ1v) is 11.0. The standard InChI is InChI=1S/C20H22INO4S/c1-4-26-20(23)19(13-18(21)16-9-5-14(2)6-10-16)22-27(24,25)17-11-7-15(3)8-12-17/h5-13,19,22H,4H2,1-3H3/b18-13-. The van der Waals surface area contributed by atoms with E-state index in [1.807, 2.05) is 38.1 Å². The van der Waals surface area contributed by atoms with E-state index in [-0.39, 0.29) is 11.5 Å². The fraction of sp³-hybridized carbons (Fsp3) is 0.250. The zero-order chi connectivity index (χ0) is 20.0. The lowest BCUT2D eigenvalue weighted by molar-refractivity contribution is -0.143. The molecule has 7 heteroatoms. The second-order valence-corrected chi connectivity index (χ2v) is 8.92. The minimum atomic E-state index is -3.87. The third-order valence-electron chi connectivity index (χ3n) is 3.79. The van der Waals surface area contributed by atoms with Crippen LogP contribution in [0.1, 0.15) is 23.6 Å². The highest BCUT2D eigenvalue weighted by Crippen LogP contribution is 2.23. The highest BCUT2D eigenvalue weighted by molar-refractivity contribution is 14.1. The molecule has 2 aromatic rings. The van der Waals surface area contributed by atoms with Crippen molar-refractivity contribution >= 4 is 42.2 Å². The molecule has 27 heavy (non-hydrogen) atoms. The highest BCUT2D eigenvalue weighted by atomic mass is 127. The molecule has 0 spiro atoms. The van der Waals surface area contributed by atoms with Crippen LogP contribution in [0.4, 0.5) is 0 Å². The number of carbonyl (C=O) groups is 1. The fourth-order valence-corrected chi connectivity index (χ4v) is 4.14. The van der Waals surface area contributed by atoms with Crippen molar-refractivity contribution < 1.29 is 17.9 Å². The van der Waals surface area contributed by atoms with E-state index >= 15 is 0 Å². The Morgan fingerprint density at radius 2 is 1.59 bits per heavy atom. The number of carbonyl (C=O) groups excluding carboxylic acids is 1. The molecule has 0 radical (unpaired) electrons. The predicted octanol–water partition coefficient (Wildman–Crippen LogP) is 3.99. The summed E-state index contributed by atoms with van der Waals surface area (Å²) in [4.78, 5) is 12.4. The number of esters is 1. The van der Waals surface area contributed by atoms with Crippen LogP contribution < -0.4 is 4.72 Å². The Kier molecular flexibility index (Phi) is 7.58. The first kappa shape index (κ1) is 21.6. The van der Waals surface area contributed by atoms with Crippen molar-refractivity contribution in [3.8, 4) is 0 Å². The van der Waals surface area contributed by atoms with Crippen LogP contribution in [0.15, 0.2) is 59.5 Å². The van der Waals surface area contributed by atoms with Gasteiger partial charge in [-0.15, -0.1) is 0 Å². The largest absolute Gasteiger partial charge is 0.465 e. The van der Waals surface area contributed by atoms with Crippen molar-refractivity contribution in [3.05, 3.63) is 71.3 Å². The molecule has 1 N–H and O–H groups in total. The Hall–Kier alpha value is -1.71. The molecule has 2 rings (SSSR count). The number of hydrogen-bond donors (Lipinski definition) is 1. The minimum absolute atomic E-state index is 0.0983. The Balaban J connectivity index is 2.34. The van der Waals surface area contributed by atoms with Crippen LogP contribution in [-0.2, 0) is 19.6 Å². The van der Waals surface area contributed by atoms with E-state index in [0.717, 1.165) is 20.3 Å². The fourth-order valence-electron chi connectivity index (χ4n) is 2.29. The quantitative estimate of drug-likeness (QED) is 0.462. The van der Waals surface area contributed by atoms with Crippen molar-refractivity contribution in [1.82, 2.24) is 4.72 Å². The molecule has 0 aliphatic rings. The van der Waals surface area contributed by atoms with Crippen LogP contribution in [-0.4, -0.2) is 27.0 Å². The number of sulfonamides is 1. The molecular formula is C20H22INO4S. The molecule has 1 unspecified atom stereocenters. The van der Waals surface area contributed by atoms with E-state index in [4.69, 9.17) is 4.74 Å². The molecule has 2 aromatic carbocycles. The summed E-state index contributed by atoms with van der Waals surface area (Å²) in [6.07, 6.45) is 1.56. The van der Waals surface area contributed by atoms with Gasteiger partial charge in [0.1, 0.15) is 6.04 Å². The van der Waals surface area contributed by atoms with E-state index in [1.165, 1.54) is 12.1 Å². The summed E-state index contributed by atoms with van der Waals surface area (Å²) in [7, 11) is -3.87. The summed E-state index contributed by atoms with van der Waals surface area (Å²) in [6.45, 7) is 5.70. The van der Waals surface area contributed by atoms with Gasteiger partial charge in [-0.1, -0.05) is 47.5 Å². The van der Waals surface area contributed by atoms with Gasteiger partial charge in [-0.3, -0.25) is 0 Å². The summed E-state index contributed by atoms with van der Waals surface area (Å²) < 4.78 is 33.6. The van der Waals surface area contributed by atoms with Gasteiger partial charge >= 0.3 is 5.97 Å².